The van der Waals surface area contributed by atoms with E-state index in [9.17, 15) is 14.0 Å². The van der Waals surface area contributed by atoms with Crippen LogP contribution in [0.2, 0.25) is 0 Å². The number of benzene rings is 3. The Hall–Kier alpha value is -4.13. The second-order valence-electron chi connectivity index (χ2n) is 7.46. The summed E-state index contributed by atoms with van der Waals surface area (Å²) in [5, 5.41) is 0.653. The summed E-state index contributed by atoms with van der Waals surface area (Å²) >= 11 is 0. The predicted octanol–water partition coefficient (Wildman–Crippen LogP) is 4.50. The molecule has 1 aromatic heterocycles. The molecule has 6 nitrogen and oxygen atoms in total. The number of para-hydroxylation sites is 1. The molecule has 3 aromatic carbocycles. The van der Waals surface area contributed by atoms with Crippen LogP contribution >= 0.6 is 0 Å². The molecular weight excluding hydrogens is 413 g/mol. The van der Waals surface area contributed by atoms with Crippen molar-refractivity contribution < 1.29 is 23.1 Å². The zero-order valence-corrected chi connectivity index (χ0v) is 16.9. The number of halogens is 1. The molecule has 0 atom stereocenters. The lowest BCUT2D eigenvalue weighted by molar-refractivity contribution is 0.0725. The zero-order chi connectivity index (χ0) is 22.1. The fourth-order valence-corrected chi connectivity index (χ4v) is 3.65. The van der Waals surface area contributed by atoms with Gasteiger partial charge in [-0.25, -0.2) is 9.18 Å². The van der Waals surface area contributed by atoms with Gasteiger partial charge in [-0.15, -0.1) is 0 Å². The van der Waals surface area contributed by atoms with Gasteiger partial charge in [0.05, 0.1) is 0 Å². The highest BCUT2D eigenvalue weighted by Crippen LogP contribution is 2.33. The standard InChI is InChI=1S/C25H18FNO5/c26-19-8-5-16(6-9-19)13-27(14-17-7-10-22-23(11-17)31-15-30-22)24(28)20-12-18-3-1-2-4-21(18)32-25(20)29/h1-12H,13-15H2. The summed E-state index contributed by atoms with van der Waals surface area (Å²) in [6, 6.07) is 19.9. The van der Waals surface area contributed by atoms with Crippen LogP contribution in [0.25, 0.3) is 11.0 Å². The predicted molar refractivity (Wildman–Crippen MR) is 115 cm³/mol. The SMILES string of the molecule is O=C(c1cc2ccccc2oc1=O)N(Cc1ccc(F)cc1)Cc1ccc2c(c1)OCO2. The van der Waals surface area contributed by atoms with E-state index in [-0.39, 0.29) is 31.3 Å². The molecule has 1 aliphatic rings. The Morgan fingerprint density at radius 2 is 1.59 bits per heavy atom. The van der Waals surface area contributed by atoms with Crippen molar-refractivity contribution in [3.63, 3.8) is 0 Å². The van der Waals surface area contributed by atoms with Crippen molar-refractivity contribution in [2.75, 3.05) is 6.79 Å². The lowest BCUT2D eigenvalue weighted by Gasteiger charge is -2.23. The smallest absolute Gasteiger partial charge is 0.349 e. The van der Waals surface area contributed by atoms with Gasteiger partial charge in [-0.3, -0.25) is 4.79 Å². The molecule has 0 saturated carbocycles. The van der Waals surface area contributed by atoms with E-state index in [4.69, 9.17) is 13.9 Å². The van der Waals surface area contributed by atoms with Crippen LogP contribution in [-0.2, 0) is 13.1 Å². The highest BCUT2D eigenvalue weighted by Gasteiger charge is 2.23. The Morgan fingerprint density at radius 1 is 0.875 bits per heavy atom. The molecule has 0 saturated heterocycles. The quantitative estimate of drug-likeness (QED) is 0.435. The van der Waals surface area contributed by atoms with Crippen molar-refractivity contribution in [3.8, 4) is 11.5 Å². The maximum absolute atomic E-state index is 13.5. The Balaban J connectivity index is 1.51. The van der Waals surface area contributed by atoms with Crippen molar-refractivity contribution in [1.29, 1.82) is 0 Å². The average Bonchev–Trinajstić information content (AvgIpc) is 3.27. The Morgan fingerprint density at radius 3 is 2.44 bits per heavy atom. The normalized spacial score (nSPS) is 12.2. The molecular formula is C25H18FNO5. The molecule has 0 spiro atoms. The minimum absolute atomic E-state index is 0.0634. The second kappa shape index (κ2) is 8.19. The van der Waals surface area contributed by atoms with Crippen LogP contribution in [0.3, 0.4) is 0 Å². The molecule has 0 bridgehead atoms. The first-order valence-corrected chi connectivity index (χ1v) is 10.0. The van der Waals surface area contributed by atoms with Crippen LogP contribution in [0.5, 0.6) is 11.5 Å². The summed E-state index contributed by atoms with van der Waals surface area (Å²) < 4.78 is 29.5. The summed E-state index contributed by atoms with van der Waals surface area (Å²) in [5.74, 6) is 0.395. The molecule has 0 fully saturated rings. The molecule has 1 amide bonds. The number of hydrogen-bond donors (Lipinski definition) is 0. The van der Waals surface area contributed by atoms with Crippen LogP contribution in [-0.4, -0.2) is 17.6 Å². The fourth-order valence-electron chi connectivity index (χ4n) is 3.65. The average molecular weight is 431 g/mol. The summed E-state index contributed by atoms with van der Waals surface area (Å²) in [5.41, 5.74) is 1.17. The molecule has 0 unspecified atom stereocenters. The summed E-state index contributed by atoms with van der Waals surface area (Å²) in [6.07, 6.45) is 0. The molecule has 1 aliphatic heterocycles. The molecule has 5 rings (SSSR count). The van der Waals surface area contributed by atoms with Crippen LogP contribution in [0.1, 0.15) is 21.5 Å². The third-order valence-electron chi connectivity index (χ3n) is 5.26. The number of nitrogens with zero attached hydrogens (tertiary/aromatic N) is 1. The van der Waals surface area contributed by atoms with Crippen molar-refractivity contribution in [3.05, 3.63) is 106 Å². The van der Waals surface area contributed by atoms with Gasteiger partial charge in [-0.1, -0.05) is 36.4 Å². The van der Waals surface area contributed by atoms with E-state index in [0.717, 1.165) is 11.1 Å². The van der Waals surface area contributed by atoms with E-state index >= 15 is 0 Å². The third-order valence-corrected chi connectivity index (χ3v) is 5.26. The van der Waals surface area contributed by atoms with Crippen molar-refractivity contribution in [2.45, 2.75) is 13.1 Å². The Bertz CT molecular complexity index is 1360. The third kappa shape index (κ3) is 3.92. The van der Waals surface area contributed by atoms with Crippen LogP contribution in [0.15, 0.2) is 82.0 Å². The lowest BCUT2D eigenvalue weighted by atomic mass is 10.1. The highest BCUT2D eigenvalue weighted by molar-refractivity contribution is 5.96. The molecule has 2 heterocycles. The number of amides is 1. The summed E-state index contributed by atoms with van der Waals surface area (Å²) in [4.78, 5) is 27.6. The molecule has 32 heavy (non-hydrogen) atoms. The zero-order valence-electron chi connectivity index (χ0n) is 16.9. The van der Waals surface area contributed by atoms with Gasteiger partial charge in [0.15, 0.2) is 11.5 Å². The number of hydrogen-bond acceptors (Lipinski definition) is 5. The topological polar surface area (TPSA) is 69.0 Å². The van der Waals surface area contributed by atoms with Gasteiger partial charge in [0, 0.05) is 18.5 Å². The van der Waals surface area contributed by atoms with Crippen LogP contribution in [0.4, 0.5) is 4.39 Å². The number of carbonyl (C=O) groups excluding carboxylic acids is 1. The van der Waals surface area contributed by atoms with Crippen molar-refractivity contribution in [1.82, 2.24) is 4.90 Å². The number of carbonyl (C=O) groups is 1. The molecule has 0 aliphatic carbocycles. The van der Waals surface area contributed by atoms with Gasteiger partial charge in [-0.05, 0) is 47.5 Å². The molecule has 0 N–H and O–H groups in total. The van der Waals surface area contributed by atoms with E-state index in [2.05, 4.69) is 0 Å². The van der Waals surface area contributed by atoms with Crippen LogP contribution in [0, 0.1) is 5.82 Å². The first-order valence-electron chi connectivity index (χ1n) is 10.0. The van der Waals surface area contributed by atoms with Gasteiger partial charge in [0.2, 0.25) is 6.79 Å². The van der Waals surface area contributed by atoms with Gasteiger partial charge < -0.3 is 18.8 Å². The number of rotatable bonds is 5. The van der Waals surface area contributed by atoms with Crippen LogP contribution < -0.4 is 15.1 Å². The lowest BCUT2D eigenvalue weighted by Crippen LogP contribution is -2.33. The molecule has 160 valence electrons. The maximum Gasteiger partial charge on any atom is 0.349 e. The Labute approximate surface area is 182 Å². The minimum atomic E-state index is -0.705. The van der Waals surface area contributed by atoms with E-state index in [1.165, 1.54) is 17.0 Å². The second-order valence-corrected chi connectivity index (χ2v) is 7.46. The molecule has 0 radical (unpaired) electrons. The summed E-state index contributed by atoms with van der Waals surface area (Å²) in [7, 11) is 0. The van der Waals surface area contributed by atoms with Gasteiger partial charge in [0.25, 0.3) is 5.91 Å². The van der Waals surface area contributed by atoms with Gasteiger partial charge >= 0.3 is 5.63 Å². The van der Waals surface area contributed by atoms with Crippen molar-refractivity contribution in [2.24, 2.45) is 0 Å². The monoisotopic (exact) mass is 431 g/mol. The van der Waals surface area contributed by atoms with E-state index in [0.29, 0.717) is 22.5 Å². The Kier molecular flexibility index (Phi) is 5.07. The molecule has 4 aromatic rings. The van der Waals surface area contributed by atoms with Gasteiger partial charge in [0.1, 0.15) is 17.0 Å². The van der Waals surface area contributed by atoms with Crippen molar-refractivity contribution >= 4 is 16.9 Å². The number of fused-ring (bicyclic) bond motifs is 2. The first kappa shape index (κ1) is 19.8. The largest absolute Gasteiger partial charge is 0.454 e. The van der Waals surface area contributed by atoms with Gasteiger partial charge in [-0.2, -0.15) is 0 Å². The first-order chi connectivity index (χ1) is 15.6. The van der Waals surface area contributed by atoms with E-state index < -0.39 is 11.5 Å². The number of ether oxygens (including phenoxy) is 2. The highest BCUT2D eigenvalue weighted by atomic mass is 19.1. The fraction of sp³-hybridized carbons (Fsp3) is 0.120. The maximum atomic E-state index is 13.5. The summed E-state index contributed by atoms with van der Waals surface area (Å²) in [6.45, 7) is 0.536. The van der Waals surface area contributed by atoms with E-state index in [1.807, 2.05) is 6.07 Å². The molecule has 7 heteroatoms. The van der Waals surface area contributed by atoms with E-state index in [1.54, 1.807) is 54.6 Å². The minimum Gasteiger partial charge on any atom is -0.454 e.